The lowest BCUT2D eigenvalue weighted by Crippen LogP contribution is -2.34. The molecular weight excluding hydrogens is 168 g/mol. The summed E-state index contributed by atoms with van der Waals surface area (Å²) in [5.41, 5.74) is 0. The lowest BCUT2D eigenvalue weighted by molar-refractivity contribution is -0.138. The van der Waals surface area contributed by atoms with Gasteiger partial charge in [-0.2, -0.15) is 0 Å². The summed E-state index contributed by atoms with van der Waals surface area (Å²) in [5.74, 6) is -1.24. The normalized spacial score (nSPS) is 22.2. The molecule has 0 aromatic heterocycles. The maximum absolute atomic E-state index is 10.7. The molecule has 1 heterocycles. The molecule has 0 saturated carbocycles. The summed E-state index contributed by atoms with van der Waals surface area (Å²) < 4.78 is 0. The Morgan fingerprint density at radius 3 is 2.33 bits per heavy atom. The van der Waals surface area contributed by atoms with Gasteiger partial charge in [0.1, 0.15) is 6.04 Å². The van der Waals surface area contributed by atoms with E-state index in [1.807, 2.05) is 5.32 Å². The van der Waals surface area contributed by atoms with Crippen molar-refractivity contribution in [3.8, 4) is 0 Å². The fourth-order valence-electron chi connectivity index (χ4n) is 0.843. The third-order valence-electron chi connectivity index (χ3n) is 1.44. The second-order valence-electron chi connectivity index (χ2n) is 2.23. The summed E-state index contributed by atoms with van der Waals surface area (Å²) in [5, 5.41) is 18.7. The summed E-state index contributed by atoms with van der Waals surface area (Å²) in [4.78, 5) is 31.6. The van der Waals surface area contributed by atoms with Gasteiger partial charge in [-0.1, -0.05) is 0 Å². The number of carbonyl (C=O) groups is 3. The first kappa shape index (κ1) is 8.31. The number of urea groups is 1. The fourth-order valence-corrected chi connectivity index (χ4v) is 0.843. The first-order valence-corrected chi connectivity index (χ1v) is 3.06. The van der Waals surface area contributed by atoms with Crippen LogP contribution in [0.25, 0.3) is 0 Å². The number of amides is 3. The molecule has 1 atom stereocenters. The standard InChI is InChI=1S/C5H6N2O5/c8-3(9)2-1-7(5(11)12)4(10)6-2/h2H,1H2,(H,6,10)(H,8,9)(H,11,12)/t2-/m1/s1. The SMILES string of the molecule is O=C(O)[C@H]1CN(C(=O)O)C(=O)N1. The number of carbonyl (C=O) groups excluding carboxylic acids is 1. The maximum Gasteiger partial charge on any atom is 0.415 e. The van der Waals surface area contributed by atoms with Crippen LogP contribution in [0.5, 0.6) is 0 Å². The van der Waals surface area contributed by atoms with Gasteiger partial charge in [-0.05, 0) is 0 Å². The Kier molecular flexibility index (Phi) is 1.86. The average Bonchev–Trinajstić information content (AvgIpc) is 2.30. The molecule has 0 unspecified atom stereocenters. The van der Waals surface area contributed by atoms with Crippen LogP contribution in [0.4, 0.5) is 9.59 Å². The fraction of sp³-hybridized carbons (Fsp3) is 0.400. The van der Waals surface area contributed by atoms with E-state index in [-0.39, 0.29) is 6.54 Å². The number of rotatable bonds is 1. The van der Waals surface area contributed by atoms with Crippen LogP contribution in [0, 0.1) is 0 Å². The second kappa shape index (κ2) is 2.68. The van der Waals surface area contributed by atoms with Gasteiger partial charge in [0, 0.05) is 0 Å². The molecular formula is C5H6N2O5. The molecule has 3 amide bonds. The molecule has 1 aliphatic rings. The van der Waals surface area contributed by atoms with Gasteiger partial charge in [0.05, 0.1) is 6.54 Å². The van der Waals surface area contributed by atoms with Crippen LogP contribution in [-0.2, 0) is 4.79 Å². The second-order valence-corrected chi connectivity index (χ2v) is 2.23. The summed E-state index contributed by atoms with van der Waals surface area (Å²) in [7, 11) is 0. The van der Waals surface area contributed by atoms with E-state index in [1.54, 1.807) is 0 Å². The van der Waals surface area contributed by atoms with Crippen LogP contribution in [-0.4, -0.2) is 45.8 Å². The van der Waals surface area contributed by atoms with E-state index in [0.29, 0.717) is 4.90 Å². The zero-order chi connectivity index (χ0) is 9.30. The number of imide groups is 1. The third-order valence-corrected chi connectivity index (χ3v) is 1.44. The van der Waals surface area contributed by atoms with Crippen molar-refractivity contribution >= 4 is 18.1 Å². The van der Waals surface area contributed by atoms with Crippen molar-refractivity contribution < 1.29 is 24.6 Å². The summed E-state index contributed by atoms with van der Waals surface area (Å²) in [6.07, 6.45) is -1.45. The number of hydrogen-bond donors (Lipinski definition) is 3. The van der Waals surface area contributed by atoms with Gasteiger partial charge >= 0.3 is 18.1 Å². The minimum Gasteiger partial charge on any atom is -0.480 e. The van der Waals surface area contributed by atoms with Crippen molar-refractivity contribution in [2.24, 2.45) is 0 Å². The zero-order valence-electron chi connectivity index (χ0n) is 5.85. The molecule has 7 heteroatoms. The summed E-state index contributed by atoms with van der Waals surface area (Å²) >= 11 is 0. The molecule has 3 N–H and O–H groups in total. The smallest absolute Gasteiger partial charge is 0.415 e. The number of nitrogens with zero attached hydrogens (tertiary/aromatic N) is 1. The molecule has 7 nitrogen and oxygen atoms in total. The van der Waals surface area contributed by atoms with Crippen LogP contribution in [0.15, 0.2) is 0 Å². The van der Waals surface area contributed by atoms with E-state index in [4.69, 9.17) is 10.2 Å². The Morgan fingerprint density at radius 2 is 2.08 bits per heavy atom. The van der Waals surface area contributed by atoms with Crippen LogP contribution in [0.3, 0.4) is 0 Å². The highest BCUT2D eigenvalue weighted by molar-refractivity contribution is 5.95. The van der Waals surface area contributed by atoms with Crippen molar-refractivity contribution in [1.82, 2.24) is 10.2 Å². The van der Waals surface area contributed by atoms with Gasteiger partial charge in [-0.25, -0.2) is 19.3 Å². The molecule has 0 aromatic carbocycles. The first-order valence-electron chi connectivity index (χ1n) is 3.06. The first-order chi connectivity index (χ1) is 5.52. The molecule has 1 fully saturated rings. The number of hydrogen-bond acceptors (Lipinski definition) is 3. The van der Waals surface area contributed by atoms with Gasteiger partial charge in [0.2, 0.25) is 0 Å². The van der Waals surface area contributed by atoms with Gasteiger partial charge < -0.3 is 15.5 Å². The Labute approximate surface area is 66.6 Å². The van der Waals surface area contributed by atoms with E-state index in [2.05, 4.69) is 0 Å². The van der Waals surface area contributed by atoms with Crippen molar-refractivity contribution in [3.63, 3.8) is 0 Å². The Balaban J connectivity index is 2.68. The number of carboxylic acids is 1. The minimum atomic E-state index is -1.45. The van der Waals surface area contributed by atoms with Crippen LogP contribution in [0.2, 0.25) is 0 Å². The molecule has 0 bridgehead atoms. The van der Waals surface area contributed by atoms with E-state index < -0.39 is 24.1 Å². The molecule has 0 spiro atoms. The van der Waals surface area contributed by atoms with Crippen LogP contribution in [0.1, 0.15) is 0 Å². The quantitative estimate of drug-likeness (QED) is 0.479. The van der Waals surface area contributed by atoms with Crippen LogP contribution >= 0.6 is 0 Å². The van der Waals surface area contributed by atoms with E-state index >= 15 is 0 Å². The largest absolute Gasteiger partial charge is 0.480 e. The highest BCUT2D eigenvalue weighted by Crippen LogP contribution is 2.03. The zero-order valence-corrected chi connectivity index (χ0v) is 5.85. The van der Waals surface area contributed by atoms with E-state index in [0.717, 1.165) is 0 Å². The number of carboxylic acid groups (broad SMARTS) is 2. The number of nitrogens with one attached hydrogen (secondary N) is 1. The molecule has 1 rings (SSSR count). The highest BCUT2D eigenvalue weighted by atomic mass is 16.4. The Bertz CT molecular complexity index is 250. The average molecular weight is 174 g/mol. The third kappa shape index (κ3) is 1.29. The Hall–Kier alpha value is -1.79. The lowest BCUT2D eigenvalue weighted by atomic mass is 10.3. The van der Waals surface area contributed by atoms with Crippen LogP contribution < -0.4 is 5.32 Å². The monoisotopic (exact) mass is 174 g/mol. The molecule has 0 aliphatic carbocycles. The maximum atomic E-state index is 10.7. The number of aliphatic carboxylic acids is 1. The predicted molar refractivity (Wildman–Crippen MR) is 34.7 cm³/mol. The van der Waals surface area contributed by atoms with Gasteiger partial charge in [0.15, 0.2) is 0 Å². The van der Waals surface area contributed by atoms with E-state index in [1.165, 1.54) is 0 Å². The van der Waals surface area contributed by atoms with Gasteiger partial charge in [0.25, 0.3) is 0 Å². The van der Waals surface area contributed by atoms with Crippen molar-refractivity contribution in [2.75, 3.05) is 6.54 Å². The van der Waals surface area contributed by atoms with Crippen molar-refractivity contribution in [3.05, 3.63) is 0 Å². The Morgan fingerprint density at radius 1 is 1.50 bits per heavy atom. The summed E-state index contributed by atoms with van der Waals surface area (Å²) in [6.45, 7) is -0.344. The molecule has 0 radical (unpaired) electrons. The topological polar surface area (TPSA) is 107 Å². The predicted octanol–water partition coefficient (Wildman–Crippen LogP) is -0.857. The molecule has 1 saturated heterocycles. The lowest BCUT2D eigenvalue weighted by Gasteiger charge is -2.04. The van der Waals surface area contributed by atoms with Crippen molar-refractivity contribution in [1.29, 1.82) is 0 Å². The van der Waals surface area contributed by atoms with Gasteiger partial charge in [-0.15, -0.1) is 0 Å². The molecule has 1 aliphatic heterocycles. The van der Waals surface area contributed by atoms with E-state index in [9.17, 15) is 14.4 Å². The molecule has 0 aromatic rings. The highest BCUT2D eigenvalue weighted by Gasteiger charge is 2.36. The van der Waals surface area contributed by atoms with Gasteiger partial charge in [-0.3, -0.25) is 0 Å². The molecule has 66 valence electrons. The minimum absolute atomic E-state index is 0.344. The van der Waals surface area contributed by atoms with Crippen molar-refractivity contribution in [2.45, 2.75) is 6.04 Å². The molecule has 12 heavy (non-hydrogen) atoms. The summed E-state index contributed by atoms with van der Waals surface area (Å²) in [6, 6.07) is -2.02.